The van der Waals surface area contributed by atoms with E-state index in [9.17, 15) is 0 Å². The normalized spacial score (nSPS) is 10.5. The van der Waals surface area contributed by atoms with E-state index in [1.165, 1.54) is 16.7 Å². The lowest BCUT2D eigenvalue weighted by atomic mass is 10.1. The molecule has 3 heteroatoms. The van der Waals surface area contributed by atoms with Crippen LogP contribution in [0.2, 0.25) is 0 Å². The van der Waals surface area contributed by atoms with Crippen LogP contribution in [0, 0.1) is 0 Å². The molecule has 2 rings (SSSR count). The highest BCUT2D eigenvalue weighted by Crippen LogP contribution is 2.11. The van der Waals surface area contributed by atoms with Gasteiger partial charge in [0.2, 0.25) is 0 Å². The second-order valence-electron chi connectivity index (χ2n) is 4.70. The zero-order valence-corrected chi connectivity index (χ0v) is 12.1. The average molecular weight is 271 g/mol. The molecule has 3 nitrogen and oxygen atoms in total. The molecule has 0 atom stereocenters. The molecule has 2 aromatic rings. The van der Waals surface area contributed by atoms with Crippen molar-refractivity contribution in [2.75, 3.05) is 14.2 Å². The fourth-order valence-corrected chi connectivity index (χ4v) is 2.01. The monoisotopic (exact) mass is 271 g/mol. The van der Waals surface area contributed by atoms with Crippen molar-refractivity contribution in [2.24, 2.45) is 0 Å². The van der Waals surface area contributed by atoms with Crippen molar-refractivity contribution < 1.29 is 9.47 Å². The summed E-state index contributed by atoms with van der Waals surface area (Å²) < 4.78 is 10.2. The molecule has 0 aromatic heterocycles. The van der Waals surface area contributed by atoms with E-state index in [2.05, 4.69) is 41.7 Å². The van der Waals surface area contributed by atoms with Gasteiger partial charge in [0.05, 0.1) is 13.7 Å². The van der Waals surface area contributed by atoms with Gasteiger partial charge in [-0.1, -0.05) is 36.4 Å². The number of benzene rings is 2. The van der Waals surface area contributed by atoms with Crippen molar-refractivity contribution in [3.8, 4) is 5.75 Å². The van der Waals surface area contributed by atoms with Gasteiger partial charge in [-0.3, -0.25) is 0 Å². The highest BCUT2D eigenvalue weighted by Gasteiger charge is 1.97. The highest BCUT2D eigenvalue weighted by molar-refractivity contribution is 5.27. The quantitative estimate of drug-likeness (QED) is 0.839. The molecule has 0 amide bonds. The third kappa shape index (κ3) is 4.37. The topological polar surface area (TPSA) is 30.5 Å². The van der Waals surface area contributed by atoms with Crippen molar-refractivity contribution in [3.05, 3.63) is 65.2 Å². The Morgan fingerprint density at radius 1 is 0.750 bits per heavy atom. The van der Waals surface area contributed by atoms with Gasteiger partial charge < -0.3 is 14.8 Å². The first-order valence-corrected chi connectivity index (χ1v) is 6.72. The summed E-state index contributed by atoms with van der Waals surface area (Å²) in [7, 11) is 3.39. The van der Waals surface area contributed by atoms with Gasteiger partial charge in [0.15, 0.2) is 0 Å². The summed E-state index contributed by atoms with van der Waals surface area (Å²) in [6.45, 7) is 2.38. The summed E-state index contributed by atoms with van der Waals surface area (Å²) in [4.78, 5) is 0. The molecule has 0 fully saturated rings. The molecule has 20 heavy (non-hydrogen) atoms. The minimum atomic E-state index is 0.666. The molecule has 0 heterocycles. The minimum Gasteiger partial charge on any atom is -0.497 e. The zero-order valence-electron chi connectivity index (χ0n) is 12.1. The Kier molecular flexibility index (Phi) is 5.59. The third-order valence-electron chi connectivity index (χ3n) is 3.15. The molecule has 0 aliphatic heterocycles. The van der Waals surface area contributed by atoms with Crippen LogP contribution in [0.5, 0.6) is 5.75 Å². The maximum Gasteiger partial charge on any atom is 0.118 e. The Bertz CT molecular complexity index is 506. The van der Waals surface area contributed by atoms with Gasteiger partial charge in [-0.05, 0) is 28.8 Å². The second kappa shape index (κ2) is 7.68. The lowest BCUT2D eigenvalue weighted by Crippen LogP contribution is -2.12. The second-order valence-corrected chi connectivity index (χ2v) is 4.70. The van der Waals surface area contributed by atoms with Crippen LogP contribution in [0.3, 0.4) is 0 Å². The molecule has 0 bridgehead atoms. The van der Waals surface area contributed by atoms with Crippen LogP contribution >= 0.6 is 0 Å². The van der Waals surface area contributed by atoms with E-state index in [0.717, 1.165) is 18.8 Å². The van der Waals surface area contributed by atoms with Crippen molar-refractivity contribution in [3.63, 3.8) is 0 Å². The van der Waals surface area contributed by atoms with Crippen LogP contribution in [0.1, 0.15) is 16.7 Å². The molecule has 0 aliphatic carbocycles. The van der Waals surface area contributed by atoms with Crippen molar-refractivity contribution in [2.45, 2.75) is 19.7 Å². The first-order valence-electron chi connectivity index (χ1n) is 6.72. The number of rotatable bonds is 7. The van der Waals surface area contributed by atoms with E-state index < -0.39 is 0 Å². The van der Waals surface area contributed by atoms with E-state index in [4.69, 9.17) is 9.47 Å². The zero-order chi connectivity index (χ0) is 14.2. The van der Waals surface area contributed by atoms with Gasteiger partial charge >= 0.3 is 0 Å². The first-order chi connectivity index (χ1) is 9.81. The molecule has 0 spiro atoms. The number of methoxy groups -OCH3 is 2. The maximum absolute atomic E-state index is 5.14. The molecule has 1 N–H and O–H groups in total. The molecular formula is C17H21NO2. The van der Waals surface area contributed by atoms with Crippen LogP contribution in [0.15, 0.2) is 48.5 Å². The fourth-order valence-electron chi connectivity index (χ4n) is 2.01. The van der Waals surface area contributed by atoms with Crippen LogP contribution in [-0.4, -0.2) is 14.2 Å². The van der Waals surface area contributed by atoms with Crippen molar-refractivity contribution >= 4 is 0 Å². The van der Waals surface area contributed by atoms with Gasteiger partial charge in [0.25, 0.3) is 0 Å². The fraction of sp³-hybridized carbons (Fsp3) is 0.294. The maximum atomic E-state index is 5.14. The largest absolute Gasteiger partial charge is 0.497 e. The number of hydrogen-bond acceptors (Lipinski definition) is 3. The smallest absolute Gasteiger partial charge is 0.118 e. The minimum absolute atomic E-state index is 0.666. The van der Waals surface area contributed by atoms with Crippen LogP contribution in [0.4, 0.5) is 0 Å². The van der Waals surface area contributed by atoms with E-state index in [1.807, 2.05) is 12.1 Å². The Balaban J connectivity index is 1.79. The molecule has 0 radical (unpaired) electrons. The SMILES string of the molecule is COCc1ccc(CNCc2ccc(OC)cc2)cc1. The molecule has 0 saturated carbocycles. The summed E-state index contributed by atoms with van der Waals surface area (Å²) in [5, 5.41) is 3.43. The van der Waals surface area contributed by atoms with E-state index in [1.54, 1.807) is 14.2 Å². The Hall–Kier alpha value is -1.84. The van der Waals surface area contributed by atoms with Crippen LogP contribution < -0.4 is 10.1 Å². The summed E-state index contributed by atoms with van der Waals surface area (Å²) in [5.74, 6) is 0.891. The van der Waals surface area contributed by atoms with Crippen molar-refractivity contribution in [1.29, 1.82) is 0 Å². The summed E-state index contributed by atoms with van der Waals surface area (Å²) >= 11 is 0. The number of nitrogens with one attached hydrogen (secondary N) is 1. The summed E-state index contributed by atoms with van der Waals surface area (Å²) in [6.07, 6.45) is 0. The number of hydrogen-bond donors (Lipinski definition) is 1. The van der Waals surface area contributed by atoms with Crippen molar-refractivity contribution in [1.82, 2.24) is 5.32 Å². The molecule has 0 unspecified atom stereocenters. The molecule has 0 aliphatic rings. The van der Waals surface area contributed by atoms with Gasteiger partial charge in [0.1, 0.15) is 5.75 Å². The summed E-state index contributed by atoms with van der Waals surface area (Å²) in [6, 6.07) is 16.6. The number of ether oxygens (including phenoxy) is 2. The van der Waals surface area contributed by atoms with Crippen LogP contribution in [-0.2, 0) is 24.4 Å². The molecule has 2 aromatic carbocycles. The van der Waals surface area contributed by atoms with E-state index in [-0.39, 0.29) is 0 Å². The van der Waals surface area contributed by atoms with Gasteiger partial charge in [-0.25, -0.2) is 0 Å². The van der Waals surface area contributed by atoms with Gasteiger partial charge in [-0.15, -0.1) is 0 Å². The molecular weight excluding hydrogens is 250 g/mol. The predicted molar refractivity (Wildman–Crippen MR) is 80.7 cm³/mol. The molecule has 106 valence electrons. The first kappa shape index (κ1) is 14.6. The van der Waals surface area contributed by atoms with E-state index >= 15 is 0 Å². The highest BCUT2D eigenvalue weighted by atomic mass is 16.5. The Morgan fingerprint density at radius 3 is 1.75 bits per heavy atom. The van der Waals surface area contributed by atoms with Gasteiger partial charge in [0, 0.05) is 20.2 Å². The Morgan fingerprint density at radius 2 is 1.25 bits per heavy atom. The van der Waals surface area contributed by atoms with Crippen LogP contribution in [0.25, 0.3) is 0 Å². The third-order valence-corrected chi connectivity index (χ3v) is 3.15. The lowest BCUT2D eigenvalue weighted by molar-refractivity contribution is 0.185. The Labute approximate surface area is 120 Å². The average Bonchev–Trinajstić information content (AvgIpc) is 2.50. The summed E-state index contributed by atoms with van der Waals surface area (Å²) in [5.41, 5.74) is 3.73. The van der Waals surface area contributed by atoms with E-state index in [0.29, 0.717) is 6.61 Å². The predicted octanol–water partition coefficient (Wildman–Crippen LogP) is 3.13. The standard InChI is InChI=1S/C17H21NO2/c1-19-13-16-5-3-14(4-6-16)11-18-12-15-7-9-17(20-2)10-8-15/h3-10,18H,11-13H2,1-2H3. The molecule has 0 saturated heterocycles. The van der Waals surface area contributed by atoms with Gasteiger partial charge in [-0.2, -0.15) is 0 Å². The lowest BCUT2D eigenvalue weighted by Gasteiger charge is -2.07.